The Morgan fingerprint density at radius 2 is 1.83 bits per heavy atom. The first-order valence-corrected chi connectivity index (χ1v) is 8.31. The number of nitrogens with zero attached hydrogens (tertiary/aromatic N) is 4. The second kappa shape index (κ2) is 6.39. The number of benzene rings is 1. The van der Waals surface area contributed by atoms with Gasteiger partial charge in [-0.3, -0.25) is 0 Å². The van der Waals surface area contributed by atoms with Crippen molar-refractivity contribution in [2.75, 3.05) is 5.73 Å². The van der Waals surface area contributed by atoms with Gasteiger partial charge < -0.3 is 10.3 Å². The van der Waals surface area contributed by atoms with Gasteiger partial charge in [-0.2, -0.15) is 4.98 Å². The van der Waals surface area contributed by atoms with Crippen molar-refractivity contribution >= 4 is 5.82 Å². The van der Waals surface area contributed by atoms with Crippen LogP contribution in [0.2, 0.25) is 0 Å². The van der Waals surface area contributed by atoms with E-state index in [0.29, 0.717) is 29.0 Å². The van der Waals surface area contributed by atoms with Gasteiger partial charge in [-0.1, -0.05) is 36.6 Å². The molecular weight excluding hydrogens is 302 g/mol. The molecule has 0 saturated heterocycles. The molecule has 122 valence electrons. The van der Waals surface area contributed by atoms with Crippen molar-refractivity contribution in [2.45, 2.75) is 38.0 Å². The Hall–Kier alpha value is -2.76. The molecule has 3 aromatic rings. The molecule has 2 aromatic heterocycles. The molecule has 6 nitrogen and oxygen atoms in total. The third-order valence-electron chi connectivity index (χ3n) is 4.64. The summed E-state index contributed by atoms with van der Waals surface area (Å²) in [5.74, 6) is 1.90. The van der Waals surface area contributed by atoms with E-state index in [-0.39, 0.29) is 0 Å². The predicted molar refractivity (Wildman–Crippen MR) is 91.0 cm³/mol. The number of anilines is 1. The quantitative estimate of drug-likeness (QED) is 0.788. The Morgan fingerprint density at radius 1 is 1.04 bits per heavy atom. The molecule has 1 aliphatic carbocycles. The van der Waals surface area contributed by atoms with Crippen LogP contribution in [0.1, 0.15) is 43.6 Å². The van der Waals surface area contributed by atoms with Crippen LogP contribution in [0.5, 0.6) is 0 Å². The van der Waals surface area contributed by atoms with Crippen LogP contribution in [-0.4, -0.2) is 20.1 Å². The van der Waals surface area contributed by atoms with Gasteiger partial charge in [0, 0.05) is 11.8 Å². The molecule has 1 aliphatic rings. The number of rotatable bonds is 3. The third-order valence-corrected chi connectivity index (χ3v) is 4.64. The molecule has 1 fully saturated rings. The van der Waals surface area contributed by atoms with Crippen LogP contribution in [0.15, 0.2) is 41.3 Å². The summed E-state index contributed by atoms with van der Waals surface area (Å²) in [4.78, 5) is 12.3. The minimum atomic E-state index is 0.338. The summed E-state index contributed by atoms with van der Waals surface area (Å²) in [6, 6.07) is 8.45. The van der Waals surface area contributed by atoms with Crippen LogP contribution >= 0.6 is 0 Å². The van der Waals surface area contributed by atoms with Gasteiger partial charge in [-0.25, -0.2) is 9.97 Å². The van der Waals surface area contributed by atoms with Gasteiger partial charge in [0.2, 0.25) is 5.82 Å². The van der Waals surface area contributed by atoms with Gasteiger partial charge in [0.25, 0.3) is 5.89 Å². The molecule has 1 aromatic carbocycles. The zero-order chi connectivity index (χ0) is 16.4. The molecule has 0 unspecified atom stereocenters. The fraction of sp³-hybridized carbons (Fsp3) is 0.333. The fourth-order valence-corrected chi connectivity index (χ4v) is 3.30. The van der Waals surface area contributed by atoms with Crippen molar-refractivity contribution in [3.8, 4) is 22.8 Å². The van der Waals surface area contributed by atoms with E-state index < -0.39 is 0 Å². The summed E-state index contributed by atoms with van der Waals surface area (Å²) in [7, 11) is 0. The van der Waals surface area contributed by atoms with Gasteiger partial charge in [-0.15, -0.1) is 0 Å². The Kier molecular flexibility index (Phi) is 3.94. The van der Waals surface area contributed by atoms with Crippen LogP contribution in [0.4, 0.5) is 5.82 Å². The van der Waals surface area contributed by atoms with E-state index in [2.05, 4.69) is 32.2 Å². The molecule has 6 heteroatoms. The SMILES string of the molecule is Nc1ncncc1-c1noc(-c2ccc(C3CCCCC3)cc2)n1. The van der Waals surface area contributed by atoms with E-state index >= 15 is 0 Å². The topological polar surface area (TPSA) is 90.7 Å². The maximum Gasteiger partial charge on any atom is 0.258 e. The monoisotopic (exact) mass is 321 g/mol. The standard InChI is InChI=1S/C18H19N5O/c19-16-15(10-20-11-21-16)17-22-18(24-23-17)14-8-6-13(7-9-14)12-4-2-1-3-5-12/h6-12H,1-5H2,(H2,19,20,21). The lowest BCUT2D eigenvalue weighted by Crippen LogP contribution is -2.04. The van der Waals surface area contributed by atoms with E-state index in [1.165, 1.54) is 44.0 Å². The van der Waals surface area contributed by atoms with Crippen LogP contribution in [0, 0.1) is 0 Å². The van der Waals surface area contributed by atoms with Gasteiger partial charge in [0.1, 0.15) is 12.1 Å². The number of hydrogen-bond acceptors (Lipinski definition) is 6. The largest absolute Gasteiger partial charge is 0.383 e. The Morgan fingerprint density at radius 3 is 2.58 bits per heavy atom. The van der Waals surface area contributed by atoms with E-state index in [1.54, 1.807) is 6.20 Å². The first-order chi connectivity index (χ1) is 11.8. The van der Waals surface area contributed by atoms with Gasteiger partial charge in [0.15, 0.2) is 0 Å². The molecule has 2 heterocycles. The predicted octanol–water partition coefficient (Wildman–Crippen LogP) is 3.82. The molecular formula is C18H19N5O. The highest BCUT2D eigenvalue weighted by Crippen LogP contribution is 2.33. The highest BCUT2D eigenvalue weighted by molar-refractivity contribution is 5.68. The highest BCUT2D eigenvalue weighted by atomic mass is 16.5. The van der Waals surface area contributed by atoms with Crippen molar-refractivity contribution in [1.82, 2.24) is 20.1 Å². The lowest BCUT2D eigenvalue weighted by Gasteiger charge is -2.21. The maximum atomic E-state index is 5.83. The molecule has 0 aliphatic heterocycles. The van der Waals surface area contributed by atoms with Crippen molar-refractivity contribution in [2.24, 2.45) is 0 Å². The van der Waals surface area contributed by atoms with Crippen LogP contribution in [0.25, 0.3) is 22.8 Å². The number of aromatic nitrogens is 4. The highest BCUT2D eigenvalue weighted by Gasteiger charge is 2.17. The van der Waals surface area contributed by atoms with Crippen molar-refractivity contribution in [3.63, 3.8) is 0 Å². The molecule has 0 radical (unpaired) electrons. The van der Waals surface area contributed by atoms with E-state index in [9.17, 15) is 0 Å². The minimum absolute atomic E-state index is 0.338. The van der Waals surface area contributed by atoms with Crippen molar-refractivity contribution in [1.29, 1.82) is 0 Å². The molecule has 24 heavy (non-hydrogen) atoms. The minimum Gasteiger partial charge on any atom is -0.383 e. The summed E-state index contributed by atoms with van der Waals surface area (Å²) >= 11 is 0. The van der Waals surface area contributed by atoms with Gasteiger partial charge in [0.05, 0.1) is 5.56 Å². The first kappa shape index (κ1) is 14.8. The van der Waals surface area contributed by atoms with E-state index in [4.69, 9.17) is 10.3 Å². The smallest absolute Gasteiger partial charge is 0.258 e. The number of nitrogen functional groups attached to an aromatic ring is 1. The number of hydrogen-bond donors (Lipinski definition) is 1. The zero-order valence-corrected chi connectivity index (χ0v) is 13.4. The molecule has 0 amide bonds. The second-order valence-electron chi connectivity index (χ2n) is 6.20. The van der Waals surface area contributed by atoms with Crippen LogP contribution < -0.4 is 5.73 Å². The average Bonchev–Trinajstić information content (AvgIpc) is 3.13. The molecule has 4 rings (SSSR count). The van der Waals surface area contributed by atoms with Crippen LogP contribution in [-0.2, 0) is 0 Å². The van der Waals surface area contributed by atoms with E-state index in [1.807, 2.05) is 12.1 Å². The Bertz CT molecular complexity index is 821. The number of nitrogens with two attached hydrogens (primary N) is 1. The molecule has 0 bridgehead atoms. The molecule has 0 spiro atoms. The summed E-state index contributed by atoms with van der Waals surface area (Å²) in [5.41, 5.74) is 8.71. The molecule has 2 N–H and O–H groups in total. The Labute approximate surface area is 140 Å². The Balaban J connectivity index is 1.57. The zero-order valence-electron chi connectivity index (χ0n) is 13.4. The first-order valence-electron chi connectivity index (χ1n) is 8.31. The van der Waals surface area contributed by atoms with Crippen LogP contribution in [0.3, 0.4) is 0 Å². The van der Waals surface area contributed by atoms with Crippen molar-refractivity contribution < 1.29 is 4.52 Å². The maximum absolute atomic E-state index is 5.83. The van der Waals surface area contributed by atoms with Crippen molar-refractivity contribution in [3.05, 3.63) is 42.4 Å². The van der Waals surface area contributed by atoms with E-state index in [0.717, 1.165) is 5.56 Å². The lowest BCUT2D eigenvalue weighted by atomic mass is 9.84. The molecule has 1 saturated carbocycles. The van der Waals surface area contributed by atoms with Gasteiger partial charge in [-0.05, 0) is 36.5 Å². The summed E-state index contributed by atoms with van der Waals surface area (Å²) < 4.78 is 5.37. The third kappa shape index (κ3) is 2.87. The summed E-state index contributed by atoms with van der Waals surface area (Å²) in [6.45, 7) is 0. The normalized spacial score (nSPS) is 15.5. The lowest BCUT2D eigenvalue weighted by molar-refractivity contribution is 0.432. The second-order valence-corrected chi connectivity index (χ2v) is 6.20. The summed E-state index contributed by atoms with van der Waals surface area (Å²) in [5, 5.41) is 3.99. The van der Waals surface area contributed by atoms with Gasteiger partial charge >= 0.3 is 0 Å². The average molecular weight is 321 g/mol. The molecule has 0 atom stereocenters. The fourth-order valence-electron chi connectivity index (χ4n) is 3.30. The summed E-state index contributed by atoms with van der Waals surface area (Å²) in [6.07, 6.45) is 9.59.